The molecule has 28 heavy (non-hydrogen) atoms. The van der Waals surface area contributed by atoms with Crippen molar-refractivity contribution in [1.29, 1.82) is 0 Å². The van der Waals surface area contributed by atoms with E-state index in [-0.39, 0.29) is 24.2 Å². The van der Waals surface area contributed by atoms with Crippen LogP contribution >= 0.6 is 12.4 Å². The molecule has 2 amide bonds. The van der Waals surface area contributed by atoms with Crippen molar-refractivity contribution in [2.24, 2.45) is 5.73 Å². The number of carbonyl (C=O) groups is 2. The van der Waals surface area contributed by atoms with Crippen LogP contribution in [0.25, 0.3) is 0 Å². The number of rotatable bonds is 8. The van der Waals surface area contributed by atoms with Gasteiger partial charge in [0, 0.05) is 44.8 Å². The van der Waals surface area contributed by atoms with E-state index in [1.165, 1.54) is 0 Å². The Balaban J connectivity index is 0.00000392. The zero-order valence-electron chi connectivity index (χ0n) is 17.1. The Kier molecular flexibility index (Phi) is 9.72. The van der Waals surface area contributed by atoms with Crippen molar-refractivity contribution in [3.8, 4) is 5.75 Å². The monoisotopic (exact) mass is 412 g/mol. The van der Waals surface area contributed by atoms with Gasteiger partial charge in [-0.15, -0.1) is 12.4 Å². The quantitative estimate of drug-likeness (QED) is 0.675. The molecular weight excluding hydrogens is 380 g/mol. The smallest absolute Gasteiger partial charge is 0.251 e. The molecule has 1 atom stereocenters. The van der Waals surface area contributed by atoms with E-state index in [0.717, 1.165) is 31.8 Å². The first-order chi connectivity index (χ1) is 12.9. The Morgan fingerprint density at radius 1 is 1.18 bits per heavy atom. The maximum Gasteiger partial charge on any atom is 0.251 e. The number of piperazine rings is 1. The molecule has 1 heterocycles. The van der Waals surface area contributed by atoms with Crippen LogP contribution in [0.3, 0.4) is 0 Å². The molecule has 0 spiro atoms. The number of hydrogen-bond donors (Lipinski definition) is 2. The molecule has 2 rings (SSSR count). The molecule has 0 saturated carbocycles. The van der Waals surface area contributed by atoms with Crippen molar-refractivity contribution >= 4 is 24.2 Å². The van der Waals surface area contributed by atoms with E-state index in [4.69, 9.17) is 10.5 Å². The van der Waals surface area contributed by atoms with Gasteiger partial charge in [0.1, 0.15) is 5.75 Å². The lowest BCUT2D eigenvalue weighted by molar-refractivity contribution is -0.138. The van der Waals surface area contributed by atoms with Crippen LogP contribution in [-0.2, 0) is 4.79 Å². The summed E-state index contributed by atoms with van der Waals surface area (Å²) in [4.78, 5) is 28.8. The van der Waals surface area contributed by atoms with Crippen molar-refractivity contribution in [2.75, 3.05) is 46.4 Å². The zero-order chi connectivity index (χ0) is 19.9. The summed E-state index contributed by atoms with van der Waals surface area (Å²) in [5.74, 6) is 0.674. The van der Waals surface area contributed by atoms with Gasteiger partial charge in [0.15, 0.2) is 0 Å². The highest BCUT2D eigenvalue weighted by Crippen LogP contribution is 2.15. The van der Waals surface area contributed by atoms with Crippen LogP contribution < -0.4 is 15.8 Å². The summed E-state index contributed by atoms with van der Waals surface area (Å²) in [6, 6.07) is 7.04. The second-order valence-electron chi connectivity index (χ2n) is 7.29. The minimum Gasteiger partial charge on any atom is -0.497 e. The number of carbonyl (C=O) groups excluding carboxylic acids is 2. The first kappa shape index (κ1) is 24.2. The highest BCUT2D eigenvalue weighted by molar-refractivity contribution is 5.94. The lowest BCUT2D eigenvalue weighted by atomic mass is 9.95. The van der Waals surface area contributed by atoms with Crippen LogP contribution in [0, 0.1) is 0 Å². The third-order valence-corrected chi connectivity index (χ3v) is 4.98. The Morgan fingerprint density at radius 2 is 1.79 bits per heavy atom. The van der Waals surface area contributed by atoms with Gasteiger partial charge in [0.2, 0.25) is 5.91 Å². The van der Waals surface area contributed by atoms with Gasteiger partial charge in [0.05, 0.1) is 12.6 Å². The Labute approximate surface area is 174 Å². The minimum absolute atomic E-state index is 0. The number of nitrogens with zero attached hydrogens (tertiary/aromatic N) is 2. The van der Waals surface area contributed by atoms with E-state index < -0.39 is 5.54 Å². The molecule has 1 saturated heterocycles. The van der Waals surface area contributed by atoms with Crippen molar-refractivity contribution in [3.63, 3.8) is 0 Å². The maximum atomic E-state index is 12.5. The predicted octanol–water partition coefficient (Wildman–Crippen LogP) is 1.51. The molecule has 3 N–H and O–H groups in total. The summed E-state index contributed by atoms with van der Waals surface area (Å²) in [6.45, 7) is 8.15. The van der Waals surface area contributed by atoms with Gasteiger partial charge in [-0.2, -0.15) is 0 Å². The fraction of sp³-hybridized carbons (Fsp3) is 0.600. The molecule has 0 aliphatic carbocycles. The number of amides is 2. The molecule has 0 radical (unpaired) electrons. The maximum absolute atomic E-state index is 12.5. The van der Waals surface area contributed by atoms with Crippen LogP contribution in [0.1, 0.15) is 37.0 Å². The lowest BCUT2D eigenvalue weighted by Gasteiger charge is -2.38. The Bertz CT molecular complexity index is 629. The van der Waals surface area contributed by atoms with E-state index >= 15 is 0 Å². The summed E-state index contributed by atoms with van der Waals surface area (Å²) in [6.07, 6.45) is 1.59. The van der Waals surface area contributed by atoms with E-state index in [0.29, 0.717) is 31.6 Å². The second kappa shape index (κ2) is 11.2. The molecule has 1 aromatic carbocycles. The zero-order valence-corrected chi connectivity index (χ0v) is 17.9. The van der Waals surface area contributed by atoms with Gasteiger partial charge in [-0.25, -0.2) is 0 Å². The van der Waals surface area contributed by atoms with Gasteiger partial charge < -0.3 is 20.7 Å². The van der Waals surface area contributed by atoms with Gasteiger partial charge in [-0.3, -0.25) is 14.5 Å². The Morgan fingerprint density at radius 3 is 2.32 bits per heavy atom. The van der Waals surface area contributed by atoms with Crippen LogP contribution in [0.15, 0.2) is 24.3 Å². The van der Waals surface area contributed by atoms with Crippen LogP contribution in [0.4, 0.5) is 0 Å². The van der Waals surface area contributed by atoms with Crippen molar-refractivity contribution in [3.05, 3.63) is 29.8 Å². The summed E-state index contributed by atoms with van der Waals surface area (Å²) < 4.78 is 5.10. The van der Waals surface area contributed by atoms with Crippen molar-refractivity contribution in [1.82, 2.24) is 15.1 Å². The molecular formula is C20H33ClN4O3. The number of ether oxygens (including phenoxy) is 1. The lowest BCUT2D eigenvalue weighted by Crippen LogP contribution is -2.58. The molecule has 8 heteroatoms. The molecule has 0 bridgehead atoms. The predicted molar refractivity (Wildman–Crippen MR) is 113 cm³/mol. The number of nitrogens with one attached hydrogen (secondary N) is 1. The molecule has 1 aliphatic rings. The highest BCUT2D eigenvalue weighted by Gasteiger charge is 2.33. The van der Waals surface area contributed by atoms with E-state index in [1.54, 1.807) is 31.4 Å². The SMILES string of the molecule is CCCC(C)(N)C(=O)N1CCN(CCNC(=O)c2ccc(OC)cc2)CC1.Cl. The highest BCUT2D eigenvalue weighted by atomic mass is 35.5. The number of benzene rings is 1. The third kappa shape index (κ3) is 6.65. The summed E-state index contributed by atoms with van der Waals surface area (Å²) >= 11 is 0. The number of nitrogens with two attached hydrogens (primary N) is 1. The summed E-state index contributed by atoms with van der Waals surface area (Å²) in [7, 11) is 1.60. The van der Waals surface area contributed by atoms with Crippen molar-refractivity contribution in [2.45, 2.75) is 32.2 Å². The average molecular weight is 413 g/mol. The van der Waals surface area contributed by atoms with E-state index in [2.05, 4.69) is 10.2 Å². The minimum atomic E-state index is -0.775. The first-order valence-electron chi connectivity index (χ1n) is 9.60. The second-order valence-corrected chi connectivity index (χ2v) is 7.29. The molecule has 0 aromatic heterocycles. The average Bonchev–Trinajstić information content (AvgIpc) is 2.68. The molecule has 1 fully saturated rings. The van der Waals surface area contributed by atoms with E-state index in [1.807, 2.05) is 18.7 Å². The number of methoxy groups -OCH3 is 1. The molecule has 158 valence electrons. The third-order valence-electron chi connectivity index (χ3n) is 4.98. The largest absolute Gasteiger partial charge is 0.497 e. The molecule has 1 aliphatic heterocycles. The van der Waals surface area contributed by atoms with Gasteiger partial charge in [-0.05, 0) is 37.6 Å². The summed E-state index contributed by atoms with van der Waals surface area (Å²) in [5, 5.41) is 2.94. The molecule has 1 aromatic rings. The molecule has 7 nitrogen and oxygen atoms in total. The van der Waals surface area contributed by atoms with Crippen LogP contribution in [0.2, 0.25) is 0 Å². The fourth-order valence-electron chi connectivity index (χ4n) is 3.33. The first-order valence-corrected chi connectivity index (χ1v) is 9.60. The standard InChI is InChI=1S/C20H32N4O3.ClH/c1-4-9-20(2,21)19(26)24-14-12-23(13-15-24)11-10-22-18(25)16-5-7-17(27-3)8-6-16;/h5-8H,4,9-15,21H2,1-3H3,(H,22,25);1H. The van der Waals surface area contributed by atoms with Crippen molar-refractivity contribution < 1.29 is 14.3 Å². The van der Waals surface area contributed by atoms with E-state index in [9.17, 15) is 9.59 Å². The normalized spacial score (nSPS) is 16.6. The van der Waals surface area contributed by atoms with Gasteiger partial charge in [0.25, 0.3) is 5.91 Å². The fourth-order valence-corrected chi connectivity index (χ4v) is 3.33. The summed E-state index contributed by atoms with van der Waals surface area (Å²) in [5.41, 5.74) is 6.00. The topological polar surface area (TPSA) is 87.9 Å². The van der Waals surface area contributed by atoms with Crippen LogP contribution in [-0.4, -0.2) is 73.5 Å². The van der Waals surface area contributed by atoms with Gasteiger partial charge >= 0.3 is 0 Å². The molecule has 1 unspecified atom stereocenters. The van der Waals surface area contributed by atoms with Crippen LogP contribution in [0.5, 0.6) is 5.75 Å². The van der Waals surface area contributed by atoms with Gasteiger partial charge in [-0.1, -0.05) is 13.3 Å². The Hall–Kier alpha value is -1.83. The number of halogens is 1. The number of hydrogen-bond acceptors (Lipinski definition) is 5.